The molecule has 0 spiro atoms. The van der Waals surface area contributed by atoms with E-state index >= 15 is 0 Å². The van der Waals surface area contributed by atoms with Crippen LogP contribution in [0.3, 0.4) is 0 Å². The van der Waals surface area contributed by atoms with Crippen molar-refractivity contribution in [2.45, 2.75) is 66.5 Å². The van der Waals surface area contributed by atoms with Gasteiger partial charge in [-0.05, 0) is 38.6 Å². The number of nitrogens with one attached hydrogen (secondary N) is 1. The molecule has 1 atom stereocenters. The molecule has 0 aliphatic heterocycles. The summed E-state index contributed by atoms with van der Waals surface area (Å²) in [5.74, 6) is 0.905. The predicted molar refractivity (Wildman–Crippen MR) is 84.4 cm³/mol. The lowest BCUT2D eigenvalue weighted by Gasteiger charge is -2.31. The summed E-state index contributed by atoms with van der Waals surface area (Å²) in [4.78, 5) is 0. The van der Waals surface area contributed by atoms with E-state index < -0.39 is 0 Å². The maximum Gasteiger partial charge on any atom is 0.159 e. The highest BCUT2D eigenvalue weighted by atomic mass is 16.5. The van der Waals surface area contributed by atoms with Gasteiger partial charge in [-0.3, -0.25) is 4.68 Å². The summed E-state index contributed by atoms with van der Waals surface area (Å²) in [6, 6.07) is 0.855. The van der Waals surface area contributed by atoms with E-state index in [4.69, 9.17) is 4.74 Å². The SMILES string of the molecule is CCNC(CCc1c(OC)cnn1C(C)C)C(C)(C)C. The zero-order chi connectivity index (χ0) is 15.3. The zero-order valence-corrected chi connectivity index (χ0v) is 14.2. The summed E-state index contributed by atoms with van der Waals surface area (Å²) in [5.41, 5.74) is 1.46. The number of rotatable bonds is 7. The van der Waals surface area contributed by atoms with Gasteiger partial charge in [-0.15, -0.1) is 0 Å². The molecule has 0 saturated carbocycles. The van der Waals surface area contributed by atoms with Gasteiger partial charge in [-0.2, -0.15) is 5.10 Å². The van der Waals surface area contributed by atoms with Crippen molar-refractivity contribution >= 4 is 0 Å². The fourth-order valence-corrected chi connectivity index (χ4v) is 2.59. The molecule has 0 saturated heterocycles. The zero-order valence-electron chi connectivity index (χ0n) is 14.2. The van der Waals surface area contributed by atoms with Crippen LogP contribution in [-0.4, -0.2) is 29.5 Å². The smallest absolute Gasteiger partial charge is 0.159 e. The molecule has 1 unspecified atom stereocenters. The Morgan fingerprint density at radius 1 is 1.35 bits per heavy atom. The Balaban J connectivity index is 2.84. The van der Waals surface area contributed by atoms with Crippen LogP contribution >= 0.6 is 0 Å². The summed E-state index contributed by atoms with van der Waals surface area (Å²) in [7, 11) is 1.72. The molecule has 0 bridgehead atoms. The molecule has 0 aromatic carbocycles. The van der Waals surface area contributed by atoms with E-state index in [2.05, 4.69) is 56.6 Å². The molecule has 0 amide bonds. The lowest BCUT2D eigenvalue weighted by Crippen LogP contribution is -2.40. The van der Waals surface area contributed by atoms with Crippen molar-refractivity contribution in [3.05, 3.63) is 11.9 Å². The molecular weight excluding hydrogens is 250 g/mol. The minimum absolute atomic E-state index is 0.256. The van der Waals surface area contributed by atoms with Gasteiger partial charge in [0.1, 0.15) is 0 Å². The molecule has 1 aromatic rings. The average molecular weight is 281 g/mol. The fraction of sp³-hybridized carbons (Fsp3) is 0.812. The van der Waals surface area contributed by atoms with E-state index in [9.17, 15) is 0 Å². The van der Waals surface area contributed by atoms with Crippen LogP contribution in [-0.2, 0) is 6.42 Å². The van der Waals surface area contributed by atoms with Crippen LogP contribution in [0.1, 0.15) is 59.7 Å². The summed E-state index contributed by atoms with van der Waals surface area (Å²) >= 11 is 0. The first-order valence-electron chi connectivity index (χ1n) is 7.65. The molecule has 0 aliphatic rings. The molecule has 0 fully saturated rings. The third-order valence-electron chi connectivity index (χ3n) is 3.74. The molecule has 4 heteroatoms. The van der Waals surface area contributed by atoms with E-state index in [1.807, 2.05) is 6.20 Å². The van der Waals surface area contributed by atoms with E-state index in [0.29, 0.717) is 12.1 Å². The third-order valence-corrected chi connectivity index (χ3v) is 3.74. The van der Waals surface area contributed by atoms with Crippen LogP contribution in [0, 0.1) is 5.41 Å². The lowest BCUT2D eigenvalue weighted by atomic mass is 9.83. The monoisotopic (exact) mass is 281 g/mol. The molecular formula is C16H31N3O. The summed E-state index contributed by atoms with van der Waals surface area (Å²) < 4.78 is 7.52. The van der Waals surface area contributed by atoms with Gasteiger partial charge in [0.25, 0.3) is 0 Å². The van der Waals surface area contributed by atoms with Gasteiger partial charge in [0, 0.05) is 12.1 Å². The van der Waals surface area contributed by atoms with Gasteiger partial charge in [0.2, 0.25) is 0 Å². The van der Waals surface area contributed by atoms with Gasteiger partial charge in [-0.1, -0.05) is 27.7 Å². The first-order valence-corrected chi connectivity index (χ1v) is 7.65. The number of methoxy groups -OCH3 is 1. The molecule has 116 valence electrons. The van der Waals surface area contributed by atoms with E-state index in [1.54, 1.807) is 7.11 Å². The number of ether oxygens (including phenoxy) is 1. The van der Waals surface area contributed by atoms with Gasteiger partial charge < -0.3 is 10.1 Å². The van der Waals surface area contributed by atoms with Crippen LogP contribution in [0.2, 0.25) is 0 Å². The highest BCUT2D eigenvalue weighted by Crippen LogP contribution is 2.27. The van der Waals surface area contributed by atoms with Crippen molar-refractivity contribution in [2.75, 3.05) is 13.7 Å². The van der Waals surface area contributed by atoms with Gasteiger partial charge >= 0.3 is 0 Å². The molecule has 1 N–H and O–H groups in total. The Morgan fingerprint density at radius 2 is 2.00 bits per heavy atom. The van der Waals surface area contributed by atoms with Crippen LogP contribution in [0.4, 0.5) is 0 Å². The minimum Gasteiger partial charge on any atom is -0.493 e. The average Bonchev–Trinajstić information content (AvgIpc) is 2.75. The molecule has 1 aromatic heterocycles. The second-order valence-corrected chi connectivity index (χ2v) is 6.71. The fourth-order valence-electron chi connectivity index (χ4n) is 2.59. The Bertz CT molecular complexity index is 404. The maximum atomic E-state index is 5.45. The largest absolute Gasteiger partial charge is 0.493 e. The van der Waals surface area contributed by atoms with Crippen molar-refractivity contribution in [3.8, 4) is 5.75 Å². The third kappa shape index (κ3) is 4.23. The number of hydrogen-bond acceptors (Lipinski definition) is 3. The molecule has 1 rings (SSSR count). The maximum absolute atomic E-state index is 5.45. The molecule has 4 nitrogen and oxygen atoms in total. The lowest BCUT2D eigenvalue weighted by molar-refractivity contribution is 0.256. The molecule has 20 heavy (non-hydrogen) atoms. The van der Waals surface area contributed by atoms with Crippen molar-refractivity contribution in [3.63, 3.8) is 0 Å². The highest BCUT2D eigenvalue weighted by Gasteiger charge is 2.24. The van der Waals surface area contributed by atoms with Crippen molar-refractivity contribution in [1.29, 1.82) is 0 Å². The van der Waals surface area contributed by atoms with Crippen molar-refractivity contribution in [1.82, 2.24) is 15.1 Å². The minimum atomic E-state index is 0.256. The first kappa shape index (κ1) is 17.0. The van der Waals surface area contributed by atoms with Crippen LogP contribution in [0.5, 0.6) is 5.75 Å². The van der Waals surface area contributed by atoms with E-state index in [0.717, 1.165) is 25.1 Å². The van der Waals surface area contributed by atoms with Crippen molar-refractivity contribution in [2.24, 2.45) is 5.41 Å². The van der Waals surface area contributed by atoms with Gasteiger partial charge in [-0.25, -0.2) is 0 Å². The first-order chi connectivity index (χ1) is 9.31. The second kappa shape index (κ2) is 7.11. The van der Waals surface area contributed by atoms with E-state index in [1.165, 1.54) is 5.69 Å². The molecule has 0 aliphatic carbocycles. The Labute approximate surface area is 123 Å². The van der Waals surface area contributed by atoms with Crippen LogP contribution in [0.15, 0.2) is 6.20 Å². The Kier molecular flexibility index (Phi) is 6.06. The highest BCUT2D eigenvalue weighted by molar-refractivity contribution is 5.25. The topological polar surface area (TPSA) is 39.1 Å². The summed E-state index contributed by atoms with van der Waals surface area (Å²) in [6.45, 7) is 14.3. The van der Waals surface area contributed by atoms with Gasteiger partial charge in [0.15, 0.2) is 5.75 Å². The standard InChI is InChI=1S/C16H31N3O/c1-8-17-15(16(4,5)6)10-9-13-14(20-7)11-18-19(13)12(2)3/h11-12,15,17H,8-10H2,1-7H3. The predicted octanol–water partition coefficient (Wildman–Crippen LogP) is 3.43. The Morgan fingerprint density at radius 3 is 2.45 bits per heavy atom. The van der Waals surface area contributed by atoms with Crippen LogP contribution in [0.25, 0.3) is 0 Å². The van der Waals surface area contributed by atoms with E-state index in [-0.39, 0.29) is 5.41 Å². The quantitative estimate of drug-likeness (QED) is 0.832. The Hall–Kier alpha value is -1.03. The number of aromatic nitrogens is 2. The normalized spacial score (nSPS) is 13.8. The second-order valence-electron chi connectivity index (χ2n) is 6.71. The molecule has 0 radical (unpaired) electrons. The van der Waals surface area contributed by atoms with Crippen molar-refractivity contribution < 1.29 is 4.74 Å². The van der Waals surface area contributed by atoms with Crippen LogP contribution < -0.4 is 10.1 Å². The van der Waals surface area contributed by atoms with Gasteiger partial charge in [0.05, 0.1) is 19.0 Å². The summed E-state index contributed by atoms with van der Waals surface area (Å²) in [6.07, 6.45) is 3.90. The number of nitrogens with zero attached hydrogens (tertiary/aromatic N) is 2. The molecule has 1 heterocycles. The number of hydrogen-bond donors (Lipinski definition) is 1. The summed E-state index contributed by atoms with van der Waals surface area (Å²) in [5, 5.41) is 8.04.